The van der Waals surface area contributed by atoms with E-state index < -0.39 is 0 Å². The van der Waals surface area contributed by atoms with Gasteiger partial charge >= 0.3 is 0 Å². The van der Waals surface area contributed by atoms with Crippen LogP contribution in [0.1, 0.15) is 29.6 Å². The SMILES string of the molecule is N/C(=N/O)C1CCCC1NC(=O)c1ccc(Cl)cc1Br. The highest BCUT2D eigenvalue weighted by Gasteiger charge is 2.32. The summed E-state index contributed by atoms with van der Waals surface area (Å²) in [4.78, 5) is 12.3. The van der Waals surface area contributed by atoms with Crippen LogP contribution in [-0.2, 0) is 0 Å². The molecule has 0 heterocycles. The number of halogens is 2. The molecule has 1 saturated carbocycles. The van der Waals surface area contributed by atoms with Crippen molar-refractivity contribution in [2.24, 2.45) is 16.8 Å². The van der Waals surface area contributed by atoms with Gasteiger partial charge in [-0.3, -0.25) is 4.79 Å². The fourth-order valence-corrected chi connectivity index (χ4v) is 3.34. The third kappa shape index (κ3) is 3.24. The summed E-state index contributed by atoms with van der Waals surface area (Å²) in [5.74, 6) is -0.144. The second-order valence-electron chi connectivity index (χ2n) is 4.77. The Balaban J connectivity index is 2.11. The van der Waals surface area contributed by atoms with Crippen LogP contribution >= 0.6 is 27.5 Å². The van der Waals surface area contributed by atoms with Gasteiger partial charge in [0.2, 0.25) is 0 Å². The van der Waals surface area contributed by atoms with Crippen molar-refractivity contribution in [2.45, 2.75) is 25.3 Å². The number of nitrogens with one attached hydrogen (secondary N) is 1. The van der Waals surface area contributed by atoms with E-state index in [1.807, 2.05) is 0 Å². The van der Waals surface area contributed by atoms with Crippen molar-refractivity contribution >= 4 is 39.3 Å². The van der Waals surface area contributed by atoms with E-state index in [0.29, 0.717) is 15.1 Å². The molecule has 1 aliphatic carbocycles. The van der Waals surface area contributed by atoms with Crippen LogP contribution < -0.4 is 11.1 Å². The first-order chi connectivity index (χ1) is 9.52. The average molecular weight is 361 g/mol. The van der Waals surface area contributed by atoms with E-state index in [4.69, 9.17) is 22.5 Å². The zero-order chi connectivity index (χ0) is 14.7. The van der Waals surface area contributed by atoms with E-state index in [1.54, 1.807) is 18.2 Å². The monoisotopic (exact) mass is 359 g/mol. The van der Waals surface area contributed by atoms with Gasteiger partial charge in [0.25, 0.3) is 5.91 Å². The number of rotatable bonds is 3. The molecule has 108 valence electrons. The smallest absolute Gasteiger partial charge is 0.252 e. The lowest BCUT2D eigenvalue weighted by molar-refractivity contribution is 0.0932. The minimum atomic E-state index is -0.198. The molecule has 1 fully saturated rings. The lowest BCUT2D eigenvalue weighted by atomic mass is 10.0. The molecule has 0 spiro atoms. The first-order valence-electron chi connectivity index (χ1n) is 6.26. The Kier molecular flexibility index (Phi) is 4.88. The van der Waals surface area contributed by atoms with Gasteiger partial charge in [0.15, 0.2) is 0 Å². The maximum Gasteiger partial charge on any atom is 0.252 e. The van der Waals surface area contributed by atoms with E-state index in [1.165, 1.54) is 0 Å². The van der Waals surface area contributed by atoms with E-state index in [2.05, 4.69) is 26.4 Å². The maximum absolute atomic E-state index is 12.3. The molecule has 0 aliphatic heterocycles. The molecule has 20 heavy (non-hydrogen) atoms. The van der Waals surface area contributed by atoms with Crippen LogP contribution in [0.2, 0.25) is 5.02 Å². The molecule has 0 aromatic heterocycles. The Labute approximate surface area is 130 Å². The number of carbonyl (C=O) groups is 1. The largest absolute Gasteiger partial charge is 0.409 e. The number of amides is 1. The summed E-state index contributed by atoms with van der Waals surface area (Å²) >= 11 is 9.17. The molecule has 4 N–H and O–H groups in total. The van der Waals surface area contributed by atoms with Gasteiger partial charge in [-0.15, -0.1) is 0 Å². The van der Waals surface area contributed by atoms with Crippen LogP contribution in [0.5, 0.6) is 0 Å². The molecule has 0 saturated heterocycles. The van der Waals surface area contributed by atoms with Crippen molar-refractivity contribution in [3.63, 3.8) is 0 Å². The van der Waals surface area contributed by atoms with Crippen LogP contribution in [0.15, 0.2) is 27.8 Å². The molecule has 1 aliphatic rings. The first kappa shape index (κ1) is 15.1. The molecule has 2 rings (SSSR count). The van der Waals surface area contributed by atoms with Gasteiger partial charge in [-0.05, 0) is 47.0 Å². The van der Waals surface area contributed by atoms with Crippen molar-refractivity contribution in [1.82, 2.24) is 5.32 Å². The van der Waals surface area contributed by atoms with Gasteiger partial charge < -0.3 is 16.3 Å². The van der Waals surface area contributed by atoms with Crippen LogP contribution in [0.25, 0.3) is 0 Å². The van der Waals surface area contributed by atoms with Gasteiger partial charge in [0.1, 0.15) is 5.84 Å². The van der Waals surface area contributed by atoms with Crippen LogP contribution in [0.3, 0.4) is 0 Å². The highest BCUT2D eigenvalue weighted by molar-refractivity contribution is 9.10. The highest BCUT2D eigenvalue weighted by atomic mass is 79.9. The molecule has 5 nitrogen and oxygen atoms in total. The Bertz CT molecular complexity index is 550. The van der Waals surface area contributed by atoms with E-state index in [-0.39, 0.29) is 23.7 Å². The first-order valence-corrected chi connectivity index (χ1v) is 7.43. The van der Waals surface area contributed by atoms with Crippen molar-refractivity contribution in [3.05, 3.63) is 33.3 Å². The second-order valence-corrected chi connectivity index (χ2v) is 6.06. The number of nitrogens with two attached hydrogens (primary N) is 1. The summed E-state index contributed by atoms with van der Waals surface area (Å²) in [5.41, 5.74) is 6.17. The van der Waals surface area contributed by atoms with Crippen molar-refractivity contribution < 1.29 is 10.0 Å². The van der Waals surface area contributed by atoms with Crippen molar-refractivity contribution in [2.75, 3.05) is 0 Å². The number of amidine groups is 1. The molecule has 1 aromatic carbocycles. The number of benzene rings is 1. The van der Waals surface area contributed by atoms with E-state index in [0.717, 1.165) is 19.3 Å². The zero-order valence-electron chi connectivity index (χ0n) is 10.6. The van der Waals surface area contributed by atoms with Crippen LogP contribution in [0.4, 0.5) is 0 Å². The van der Waals surface area contributed by atoms with E-state index in [9.17, 15) is 4.79 Å². The quantitative estimate of drug-likeness (QED) is 0.335. The fourth-order valence-electron chi connectivity index (χ4n) is 2.48. The number of hydrogen-bond acceptors (Lipinski definition) is 3. The molecular weight excluding hydrogens is 346 g/mol. The number of carbonyl (C=O) groups excluding carboxylic acids is 1. The average Bonchev–Trinajstić information content (AvgIpc) is 2.85. The number of nitrogens with zero attached hydrogens (tertiary/aromatic N) is 1. The number of hydrogen-bond donors (Lipinski definition) is 3. The third-order valence-corrected chi connectivity index (χ3v) is 4.39. The van der Waals surface area contributed by atoms with Crippen molar-refractivity contribution in [3.8, 4) is 0 Å². The topological polar surface area (TPSA) is 87.7 Å². The molecule has 1 amide bonds. The maximum atomic E-state index is 12.3. The van der Waals surface area contributed by atoms with Gasteiger partial charge in [-0.1, -0.05) is 23.2 Å². The zero-order valence-corrected chi connectivity index (χ0v) is 13.0. The van der Waals surface area contributed by atoms with Gasteiger partial charge in [0.05, 0.1) is 5.56 Å². The molecule has 2 atom stereocenters. The standard InChI is InChI=1S/C13H15BrClN3O2/c14-10-6-7(15)4-5-8(10)13(19)17-11-3-1-2-9(11)12(16)18-20/h4-6,9,11,20H,1-3H2,(H2,16,18)(H,17,19). The molecule has 7 heteroatoms. The Morgan fingerprint density at radius 2 is 2.25 bits per heavy atom. The molecular formula is C13H15BrClN3O2. The lowest BCUT2D eigenvalue weighted by Crippen LogP contribution is -2.42. The van der Waals surface area contributed by atoms with E-state index >= 15 is 0 Å². The minimum absolute atomic E-state index is 0.110. The molecule has 1 aromatic rings. The molecule has 0 bridgehead atoms. The summed E-state index contributed by atoms with van der Waals surface area (Å²) in [7, 11) is 0. The van der Waals surface area contributed by atoms with Gasteiger partial charge in [-0.2, -0.15) is 0 Å². The predicted molar refractivity (Wildman–Crippen MR) is 81.2 cm³/mol. The van der Waals surface area contributed by atoms with Crippen molar-refractivity contribution in [1.29, 1.82) is 0 Å². The fraction of sp³-hybridized carbons (Fsp3) is 0.385. The minimum Gasteiger partial charge on any atom is -0.409 e. The summed E-state index contributed by atoms with van der Waals surface area (Å²) < 4.78 is 0.640. The van der Waals surface area contributed by atoms with Gasteiger partial charge in [0, 0.05) is 21.5 Å². The van der Waals surface area contributed by atoms with Crippen LogP contribution in [0, 0.1) is 5.92 Å². The summed E-state index contributed by atoms with van der Waals surface area (Å²) in [6.07, 6.45) is 2.56. The third-order valence-electron chi connectivity index (χ3n) is 3.50. The predicted octanol–water partition coefficient (Wildman–Crippen LogP) is 2.75. The lowest BCUT2D eigenvalue weighted by Gasteiger charge is -2.20. The Morgan fingerprint density at radius 1 is 1.50 bits per heavy atom. The summed E-state index contributed by atoms with van der Waals surface area (Å²) in [6.45, 7) is 0. The Morgan fingerprint density at radius 3 is 2.90 bits per heavy atom. The molecule has 2 unspecified atom stereocenters. The Hall–Kier alpha value is -1.27. The van der Waals surface area contributed by atoms with Crippen LogP contribution in [-0.4, -0.2) is 23.0 Å². The van der Waals surface area contributed by atoms with Gasteiger partial charge in [-0.25, -0.2) is 0 Å². The normalized spacial score (nSPS) is 22.8. The highest BCUT2D eigenvalue weighted by Crippen LogP contribution is 2.27. The summed E-state index contributed by atoms with van der Waals surface area (Å²) in [5, 5.41) is 15.3. The molecule has 0 radical (unpaired) electrons. The second kappa shape index (κ2) is 6.45. The number of oxime groups is 1. The summed E-state index contributed by atoms with van der Waals surface area (Å²) in [6, 6.07) is 4.89.